The molecular formula is C16H27NO2S. The van der Waals surface area contributed by atoms with Crippen LogP contribution in [0.25, 0.3) is 0 Å². The summed E-state index contributed by atoms with van der Waals surface area (Å²) in [7, 11) is 0. The first-order valence-electron chi connectivity index (χ1n) is 7.40. The Bertz CT molecular complexity index is 373. The van der Waals surface area contributed by atoms with Gasteiger partial charge in [0.25, 0.3) is 0 Å². The van der Waals surface area contributed by atoms with Crippen LogP contribution in [0.4, 0.5) is 0 Å². The highest BCUT2D eigenvalue weighted by Gasteiger charge is 2.16. The van der Waals surface area contributed by atoms with Gasteiger partial charge in [0.1, 0.15) is 5.75 Å². The molecule has 0 saturated heterocycles. The van der Waals surface area contributed by atoms with Gasteiger partial charge in [-0.15, -0.1) is 0 Å². The van der Waals surface area contributed by atoms with Crippen molar-refractivity contribution in [2.45, 2.75) is 38.5 Å². The van der Waals surface area contributed by atoms with E-state index < -0.39 is 0 Å². The lowest BCUT2D eigenvalue weighted by atomic mass is 10.1. The van der Waals surface area contributed by atoms with Crippen molar-refractivity contribution in [3.05, 3.63) is 29.8 Å². The number of thioether (sulfide) groups is 1. The van der Waals surface area contributed by atoms with E-state index in [9.17, 15) is 0 Å². The van der Waals surface area contributed by atoms with E-state index in [1.807, 2.05) is 30.8 Å². The summed E-state index contributed by atoms with van der Waals surface area (Å²) >= 11 is 1.89. The molecule has 4 heteroatoms. The van der Waals surface area contributed by atoms with E-state index in [2.05, 4.69) is 31.3 Å². The molecule has 2 N–H and O–H groups in total. The molecular weight excluding hydrogens is 270 g/mol. The smallest absolute Gasteiger partial charge is 0.124 e. The number of benzene rings is 1. The maximum atomic E-state index is 8.99. The molecule has 2 atom stereocenters. The van der Waals surface area contributed by atoms with Crippen molar-refractivity contribution in [3.8, 4) is 5.75 Å². The molecule has 20 heavy (non-hydrogen) atoms. The second-order valence-corrected chi connectivity index (χ2v) is 6.21. The van der Waals surface area contributed by atoms with E-state index >= 15 is 0 Å². The van der Waals surface area contributed by atoms with E-state index in [0.717, 1.165) is 24.5 Å². The van der Waals surface area contributed by atoms with Gasteiger partial charge in [0.2, 0.25) is 0 Å². The molecule has 1 rings (SSSR count). The zero-order chi connectivity index (χ0) is 14.8. The zero-order valence-corrected chi connectivity index (χ0v) is 13.6. The van der Waals surface area contributed by atoms with Crippen molar-refractivity contribution in [2.24, 2.45) is 0 Å². The molecule has 0 heterocycles. The fraction of sp³-hybridized carbons (Fsp3) is 0.625. The highest BCUT2D eigenvalue weighted by Crippen LogP contribution is 2.29. The second-order valence-electron chi connectivity index (χ2n) is 4.74. The van der Waals surface area contributed by atoms with Crippen LogP contribution in [0.3, 0.4) is 0 Å². The van der Waals surface area contributed by atoms with Gasteiger partial charge in [-0.2, -0.15) is 11.8 Å². The van der Waals surface area contributed by atoms with Gasteiger partial charge in [0, 0.05) is 29.2 Å². The summed E-state index contributed by atoms with van der Waals surface area (Å²) in [6.45, 7) is 8.17. The highest BCUT2D eigenvalue weighted by atomic mass is 32.2. The van der Waals surface area contributed by atoms with Crippen molar-refractivity contribution in [1.29, 1.82) is 0 Å². The largest absolute Gasteiger partial charge is 0.494 e. The topological polar surface area (TPSA) is 41.5 Å². The maximum Gasteiger partial charge on any atom is 0.124 e. The van der Waals surface area contributed by atoms with E-state index in [1.54, 1.807) is 0 Å². The Labute approximate surface area is 127 Å². The first-order chi connectivity index (χ1) is 9.72. The Morgan fingerprint density at radius 3 is 2.70 bits per heavy atom. The number of rotatable bonds is 10. The Hall–Kier alpha value is -0.710. The number of hydrogen-bond acceptors (Lipinski definition) is 4. The maximum absolute atomic E-state index is 8.99. The monoisotopic (exact) mass is 297 g/mol. The average molecular weight is 297 g/mol. The predicted molar refractivity (Wildman–Crippen MR) is 87.7 cm³/mol. The van der Waals surface area contributed by atoms with Crippen LogP contribution in [-0.2, 0) is 0 Å². The molecule has 3 nitrogen and oxygen atoms in total. The molecule has 0 saturated carbocycles. The quantitative estimate of drug-likeness (QED) is 0.695. The van der Waals surface area contributed by atoms with Crippen molar-refractivity contribution >= 4 is 11.8 Å². The Morgan fingerprint density at radius 1 is 1.30 bits per heavy atom. The minimum Gasteiger partial charge on any atom is -0.494 e. The molecule has 1 aromatic rings. The van der Waals surface area contributed by atoms with Crippen molar-refractivity contribution in [2.75, 3.05) is 25.5 Å². The van der Waals surface area contributed by atoms with Gasteiger partial charge in [-0.25, -0.2) is 0 Å². The SMILES string of the molecule is CCNC(CSC(C)CCO)c1ccccc1OCC. The summed E-state index contributed by atoms with van der Waals surface area (Å²) in [5.41, 5.74) is 1.22. The molecule has 0 aliphatic carbocycles. The molecule has 0 aromatic heterocycles. The molecule has 0 amide bonds. The molecule has 0 fully saturated rings. The van der Waals surface area contributed by atoms with Crippen LogP contribution in [-0.4, -0.2) is 35.9 Å². The molecule has 1 aromatic carbocycles. The zero-order valence-electron chi connectivity index (χ0n) is 12.8. The van der Waals surface area contributed by atoms with E-state index in [0.29, 0.717) is 11.9 Å². The molecule has 0 bridgehead atoms. The Kier molecular flexibility index (Phi) is 8.74. The lowest BCUT2D eigenvalue weighted by Gasteiger charge is -2.22. The van der Waals surface area contributed by atoms with Gasteiger partial charge in [-0.05, 0) is 26.0 Å². The van der Waals surface area contributed by atoms with Crippen molar-refractivity contribution < 1.29 is 9.84 Å². The third-order valence-corrected chi connectivity index (χ3v) is 4.46. The lowest BCUT2D eigenvalue weighted by molar-refractivity contribution is 0.289. The van der Waals surface area contributed by atoms with Crippen molar-refractivity contribution in [1.82, 2.24) is 5.32 Å². The Balaban J connectivity index is 2.74. The molecule has 0 aliphatic heterocycles. The standard InChI is InChI=1S/C16H27NO2S/c1-4-17-15(12-20-13(3)10-11-18)14-8-6-7-9-16(14)19-5-2/h6-9,13,15,17-18H,4-5,10-12H2,1-3H3. The van der Waals surface area contributed by atoms with Gasteiger partial charge < -0.3 is 15.2 Å². The number of nitrogens with one attached hydrogen (secondary N) is 1. The van der Waals surface area contributed by atoms with E-state index in [4.69, 9.17) is 9.84 Å². The van der Waals surface area contributed by atoms with Gasteiger partial charge in [0.15, 0.2) is 0 Å². The number of para-hydroxylation sites is 1. The van der Waals surface area contributed by atoms with Gasteiger partial charge in [-0.1, -0.05) is 32.0 Å². The van der Waals surface area contributed by atoms with Gasteiger partial charge >= 0.3 is 0 Å². The highest BCUT2D eigenvalue weighted by molar-refractivity contribution is 7.99. The number of aliphatic hydroxyl groups excluding tert-OH is 1. The molecule has 0 spiro atoms. The molecule has 0 radical (unpaired) electrons. The summed E-state index contributed by atoms with van der Waals surface area (Å²) in [6.07, 6.45) is 0.844. The van der Waals surface area contributed by atoms with Crippen LogP contribution in [0.2, 0.25) is 0 Å². The molecule has 114 valence electrons. The predicted octanol–water partition coefficient (Wildman–Crippen LogP) is 3.24. The first-order valence-corrected chi connectivity index (χ1v) is 8.45. The number of ether oxygens (including phenoxy) is 1. The normalized spacial score (nSPS) is 14.0. The first kappa shape index (κ1) is 17.3. The van der Waals surface area contributed by atoms with Crippen LogP contribution >= 0.6 is 11.8 Å². The fourth-order valence-electron chi connectivity index (χ4n) is 2.09. The lowest BCUT2D eigenvalue weighted by Crippen LogP contribution is -2.24. The van der Waals surface area contributed by atoms with Gasteiger partial charge in [0.05, 0.1) is 6.61 Å². The van der Waals surface area contributed by atoms with E-state index in [1.165, 1.54) is 5.56 Å². The average Bonchev–Trinajstić information content (AvgIpc) is 2.45. The molecule has 2 unspecified atom stereocenters. The summed E-state index contributed by atoms with van der Waals surface area (Å²) in [4.78, 5) is 0. The minimum absolute atomic E-state index is 0.259. The van der Waals surface area contributed by atoms with Crippen LogP contribution in [0.5, 0.6) is 5.75 Å². The Morgan fingerprint density at radius 2 is 2.05 bits per heavy atom. The van der Waals surface area contributed by atoms with Crippen molar-refractivity contribution in [3.63, 3.8) is 0 Å². The summed E-state index contributed by atoms with van der Waals surface area (Å²) in [5, 5.41) is 13.0. The number of hydrogen-bond donors (Lipinski definition) is 2. The van der Waals surface area contributed by atoms with E-state index in [-0.39, 0.29) is 12.6 Å². The van der Waals surface area contributed by atoms with Gasteiger partial charge in [-0.3, -0.25) is 0 Å². The summed E-state index contributed by atoms with van der Waals surface area (Å²) < 4.78 is 5.73. The van der Waals surface area contributed by atoms with Crippen LogP contribution in [0, 0.1) is 0 Å². The number of aliphatic hydroxyl groups is 1. The second kappa shape index (κ2) is 10.1. The third kappa shape index (κ3) is 5.73. The van der Waals surface area contributed by atoms with Crippen LogP contribution in [0.1, 0.15) is 38.8 Å². The summed E-state index contributed by atoms with van der Waals surface area (Å²) in [6, 6.07) is 8.53. The van der Waals surface area contributed by atoms with Crippen LogP contribution < -0.4 is 10.1 Å². The summed E-state index contributed by atoms with van der Waals surface area (Å²) in [5.74, 6) is 1.95. The fourth-order valence-corrected chi connectivity index (χ4v) is 3.18. The molecule has 0 aliphatic rings. The minimum atomic E-state index is 0.259. The third-order valence-electron chi connectivity index (χ3n) is 3.13. The van der Waals surface area contributed by atoms with Crippen LogP contribution in [0.15, 0.2) is 24.3 Å².